The molecule has 10 heteroatoms. The molecule has 0 aromatic carbocycles. The van der Waals surface area contributed by atoms with E-state index in [1.54, 1.807) is 0 Å². The highest BCUT2D eigenvalue weighted by Crippen LogP contribution is 2.43. The zero-order chi connectivity index (χ0) is 35.8. The van der Waals surface area contributed by atoms with Gasteiger partial charge in [0.05, 0.1) is 27.7 Å². The molecule has 0 saturated carbocycles. The monoisotopic (exact) mass is 690 g/mol. The lowest BCUT2D eigenvalue weighted by Crippen LogP contribution is -2.37. The van der Waals surface area contributed by atoms with Gasteiger partial charge in [0.15, 0.2) is 6.10 Å². The third-order valence-electron chi connectivity index (χ3n) is 6.24. The van der Waals surface area contributed by atoms with Crippen LogP contribution in [0.1, 0.15) is 78.1 Å². The fraction of sp³-hybridized carbons (Fsp3) is 0.526. The van der Waals surface area contributed by atoms with Crippen LogP contribution >= 0.6 is 7.82 Å². The summed E-state index contributed by atoms with van der Waals surface area (Å²) in [5.41, 5.74) is 0. The molecule has 0 aromatic rings. The second-order valence-corrected chi connectivity index (χ2v) is 13.4. The normalized spacial score (nSPS) is 15.0. The van der Waals surface area contributed by atoms with Crippen LogP contribution in [0.4, 0.5) is 0 Å². The Morgan fingerprint density at radius 3 is 1.79 bits per heavy atom. The number of esters is 2. The van der Waals surface area contributed by atoms with Crippen LogP contribution < -0.4 is 0 Å². The average Bonchev–Trinajstić information content (AvgIpc) is 3.02. The molecule has 0 aliphatic heterocycles. The van der Waals surface area contributed by atoms with Crippen molar-refractivity contribution in [2.75, 3.05) is 47.5 Å². The summed E-state index contributed by atoms with van der Waals surface area (Å²) in [5, 5.41) is 0. The largest absolute Gasteiger partial charge is 0.472 e. The molecule has 0 aromatic heterocycles. The predicted molar refractivity (Wildman–Crippen MR) is 196 cm³/mol. The zero-order valence-corrected chi connectivity index (χ0v) is 30.8. The molecule has 0 spiro atoms. The Labute approximate surface area is 290 Å². The summed E-state index contributed by atoms with van der Waals surface area (Å²) in [6.45, 7) is 3.94. The topological polar surface area (TPSA) is 108 Å². The lowest BCUT2D eigenvalue weighted by atomic mass is 10.2. The first-order valence-electron chi connectivity index (χ1n) is 17.0. The summed E-state index contributed by atoms with van der Waals surface area (Å²) in [6.07, 6.45) is 37.8. The first-order valence-corrected chi connectivity index (χ1v) is 18.5. The van der Waals surface area contributed by atoms with Crippen LogP contribution in [-0.4, -0.2) is 74.9 Å². The highest BCUT2D eigenvalue weighted by Gasteiger charge is 2.27. The van der Waals surface area contributed by atoms with Gasteiger partial charge in [0.25, 0.3) is 0 Å². The highest BCUT2D eigenvalue weighted by molar-refractivity contribution is 7.47. The fourth-order valence-corrected chi connectivity index (χ4v) is 4.33. The van der Waals surface area contributed by atoms with Crippen molar-refractivity contribution in [3.63, 3.8) is 0 Å². The Morgan fingerprint density at radius 1 is 0.667 bits per heavy atom. The standard InChI is InChI=1S/C38H60NO8P/c1-6-8-10-12-14-16-18-19-21-23-25-27-29-31-38(41)47-36(35-46-48(42,43)45-33-32-39(3,4)5)34-44-37(40)30-28-26-24-22-20-17-15-13-11-9-7-2/h8-12,14-19,21-25,36H,6-7,13,20,26-35H2,1-5H3/p+1/b10-8+,11-9+,14-12+,17-15+,18-16+,21-19+,24-22+,25-23+. The van der Waals surface area contributed by atoms with E-state index in [1.165, 1.54) is 0 Å². The number of hydrogen-bond donors (Lipinski definition) is 1. The lowest BCUT2D eigenvalue weighted by molar-refractivity contribution is -0.870. The van der Waals surface area contributed by atoms with Crippen LogP contribution in [0.2, 0.25) is 0 Å². The molecular formula is C38H61NO8P+. The van der Waals surface area contributed by atoms with Gasteiger partial charge in [0.1, 0.15) is 19.8 Å². The Morgan fingerprint density at radius 2 is 1.19 bits per heavy atom. The molecule has 0 aliphatic rings. The molecule has 0 rings (SSSR count). The molecule has 2 unspecified atom stereocenters. The van der Waals surface area contributed by atoms with Gasteiger partial charge >= 0.3 is 19.8 Å². The van der Waals surface area contributed by atoms with E-state index in [-0.39, 0.29) is 26.1 Å². The number of quaternary nitrogens is 1. The van der Waals surface area contributed by atoms with E-state index in [0.717, 1.165) is 32.1 Å². The van der Waals surface area contributed by atoms with E-state index in [9.17, 15) is 19.0 Å². The number of unbranched alkanes of at least 4 members (excludes halogenated alkanes) is 2. The van der Waals surface area contributed by atoms with Crippen LogP contribution in [0.5, 0.6) is 0 Å². The van der Waals surface area contributed by atoms with Crippen molar-refractivity contribution in [3.8, 4) is 0 Å². The Kier molecular flexibility index (Phi) is 28.1. The number of likely N-dealkylation sites (N-methyl/N-ethyl adjacent to an activating group) is 1. The van der Waals surface area contributed by atoms with E-state index in [2.05, 4.69) is 50.3 Å². The highest BCUT2D eigenvalue weighted by atomic mass is 31.2. The minimum atomic E-state index is -4.40. The van der Waals surface area contributed by atoms with E-state index in [4.69, 9.17) is 18.5 Å². The van der Waals surface area contributed by atoms with Crippen molar-refractivity contribution in [2.45, 2.75) is 84.2 Å². The number of carbonyl (C=O) groups excluding carboxylic acids is 2. The first kappa shape index (κ1) is 44.9. The Balaban J connectivity index is 4.75. The summed E-state index contributed by atoms with van der Waals surface area (Å²) in [7, 11) is 1.38. The van der Waals surface area contributed by atoms with E-state index in [0.29, 0.717) is 30.3 Å². The summed E-state index contributed by atoms with van der Waals surface area (Å²) in [5.74, 6) is -0.967. The van der Waals surface area contributed by atoms with Crippen molar-refractivity contribution in [1.29, 1.82) is 0 Å². The third-order valence-corrected chi connectivity index (χ3v) is 7.22. The molecule has 2 atom stereocenters. The zero-order valence-electron chi connectivity index (χ0n) is 29.9. The Hall–Kier alpha value is -3.07. The smallest absolute Gasteiger partial charge is 0.462 e. The number of phosphoric acid groups is 1. The number of nitrogens with zero attached hydrogens (tertiary/aromatic N) is 1. The molecule has 0 heterocycles. The molecule has 48 heavy (non-hydrogen) atoms. The van der Waals surface area contributed by atoms with E-state index >= 15 is 0 Å². The molecular weight excluding hydrogens is 629 g/mol. The van der Waals surface area contributed by atoms with Crippen molar-refractivity contribution in [1.82, 2.24) is 0 Å². The maximum atomic E-state index is 12.5. The molecule has 0 bridgehead atoms. The molecule has 270 valence electrons. The van der Waals surface area contributed by atoms with Crippen LogP contribution in [0.3, 0.4) is 0 Å². The first-order chi connectivity index (χ1) is 23.0. The summed E-state index contributed by atoms with van der Waals surface area (Å²) in [4.78, 5) is 35.0. The van der Waals surface area contributed by atoms with Gasteiger partial charge in [0, 0.05) is 12.8 Å². The van der Waals surface area contributed by atoms with Crippen molar-refractivity contribution in [3.05, 3.63) is 97.2 Å². The minimum absolute atomic E-state index is 0.00441. The quantitative estimate of drug-likeness (QED) is 0.0217. The van der Waals surface area contributed by atoms with Gasteiger partial charge in [-0.25, -0.2) is 4.57 Å². The van der Waals surface area contributed by atoms with Gasteiger partial charge in [-0.2, -0.15) is 0 Å². The molecule has 0 amide bonds. The SMILES string of the molecule is CC/C=C/C=C/C=C/C=C/C=C/CCCC(=O)OC(COC(=O)CCC/C=C/C/C=C/C/C=C/CC)COP(=O)(O)OCC[N+](C)(C)C. The molecule has 1 N–H and O–H groups in total. The number of allylic oxidation sites excluding steroid dienone is 16. The van der Waals surface area contributed by atoms with Crippen LogP contribution in [-0.2, 0) is 32.7 Å². The van der Waals surface area contributed by atoms with Gasteiger partial charge < -0.3 is 18.9 Å². The lowest BCUT2D eigenvalue weighted by Gasteiger charge is -2.24. The van der Waals surface area contributed by atoms with Crippen molar-refractivity contribution < 1.29 is 42.1 Å². The summed E-state index contributed by atoms with van der Waals surface area (Å²) in [6, 6.07) is 0. The number of rotatable bonds is 28. The fourth-order valence-electron chi connectivity index (χ4n) is 3.59. The average molecular weight is 691 g/mol. The number of hydrogen-bond acceptors (Lipinski definition) is 7. The summed E-state index contributed by atoms with van der Waals surface area (Å²) < 4.78 is 33.9. The molecule has 0 aliphatic carbocycles. The van der Waals surface area contributed by atoms with Crippen LogP contribution in [0, 0.1) is 0 Å². The van der Waals surface area contributed by atoms with Crippen LogP contribution in [0.25, 0.3) is 0 Å². The van der Waals surface area contributed by atoms with Gasteiger partial charge in [-0.15, -0.1) is 0 Å². The predicted octanol–water partition coefficient (Wildman–Crippen LogP) is 8.67. The number of carbonyl (C=O) groups is 2. The molecule has 0 radical (unpaired) electrons. The number of phosphoric ester groups is 1. The van der Waals surface area contributed by atoms with Crippen molar-refractivity contribution in [2.24, 2.45) is 0 Å². The Bertz CT molecular complexity index is 1140. The third kappa shape index (κ3) is 32.9. The molecule has 0 fully saturated rings. The second kappa shape index (κ2) is 30.0. The van der Waals surface area contributed by atoms with Gasteiger partial charge in [-0.3, -0.25) is 18.6 Å². The van der Waals surface area contributed by atoms with Gasteiger partial charge in [0.2, 0.25) is 0 Å². The van der Waals surface area contributed by atoms with E-state index in [1.807, 2.05) is 81.9 Å². The maximum absolute atomic E-state index is 12.5. The van der Waals surface area contributed by atoms with E-state index < -0.39 is 32.5 Å². The molecule has 0 saturated heterocycles. The van der Waals surface area contributed by atoms with Crippen molar-refractivity contribution >= 4 is 19.8 Å². The van der Waals surface area contributed by atoms with Crippen LogP contribution in [0.15, 0.2) is 97.2 Å². The maximum Gasteiger partial charge on any atom is 0.472 e. The molecule has 9 nitrogen and oxygen atoms in total. The van der Waals surface area contributed by atoms with Gasteiger partial charge in [-0.1, -0.05) is 111 Å². The van der Waals surface area contributed by atoms with Gasteiger partial charge in [-0.05, 0) is 51.4 Å². The summed E-state index contributed by atoms with van der Waals surface area (Å²) >= 11 is 0. The number of ether oxygens (including phenoxy) is 2. The minimum Gasteiger partial charge on any atom is -0.462 e. The second-order valence-electron chi connectivity index (χ2n) is 11.9.